The minimum absolute atomic E-state index is 0.0710. The lowest BCUT2D eigenvalue weighted by molar-refractivity contribution is 0.0682. The fourth-order valence-corrected chi connectivity index (χ4v) is 3.89. The summed E-state index contributed by atoms with van der Waals surface area (Å²) >= 11 is 0. The molecule has 2 aliphatic rings. The molecule has 2 aromatic rings. The zero-order chi connectivity index (χ0) is 18.1. The molecule has 0 spiro atoms. The van der Waals surface area contributed by atoms with Crippen LogP contribution in [0, 0.1) is 18.8 Å². The molecule has 26 heavy (non-hydrogen) atoms. The van der Waals surface area contributed by atoms with Crippen molar-refractivity contribution in [2.75, 3.05) is 13.1 Å². The van der Waals surface area contributed by atoms with E-state index in [1.54, 1.807) is 0 Å². The van der Waals surface area contributed by atoms with Gasteiger partial charge in [0.05, 0.1) is 0 Å². The van der Waals surface area contributed by atoms with E-state index in [0.29, 0.717) is 11.6 Å². The van der Waals surface area contributed by atoms with Crippen LogP contribution in [0.15, 0.2) is 18.5 Å². The van der Waals surface area contributed by atoms with Crippen molar-refractivity contribution in [3.05, 3.63) is 35.7 Å². The summed E-state index contributed by atoms with van der Waals surface area (Å²) < 4.78 is 4.23. The van der Waals surface area contributed by atoms with E-state index in [9.17, 15) is 4.79 Å². The highest BCUT2D eigenvalue weighted by molar-refractivity contribution is 5.92. The van der Waals surface area contributed by atoms with Gasteiger partial charge in [-0.15, -0.1) is 0 Å². The summed E-state index contributed by atoms with van der Waals surface area (Å²) in [6.07, 6.45) is 9.76. The van der Waals surface area contributed by atoms with Crippen LogP contribution in [0.4, 0.5) is 0 Å². The van der Waals surface area contributed by atoms with Gasteiger partial charge >= 0.3 is 0 Å². The Hall–Kier alpha value is -2.11. The SMILES string of the molecule is CCn1ccc(C(=O)N2CCC(Cc3ncc(C)n3CC3CC3)CC2)n1. The molecule has 1 saturated carbocycles. The van der Waals surface area contributed by atoms with Gasteiger partial charge in [0.2, 0.25) is 0 Å². The Morgan fingerprint density at radius 2 is 1.96 bits per heavy atom. The molecule has 1 aliphatic carbocycles. The first-order valence-electron chi connectivity index (χ1n) is 9.97. The van der Waals surface area contributed by atoms with Gasteiger partial charge < -0.3 is 9.47 Å². The minimum atomic E-state index is 0.0710. The van der Waals surface area contributed by atoms with Crippen molar-refractivity contribution in [1.29, 1.82) is 0 Å². The molecule has 0 N–H and O–H groups in total. The molecule has 2 fully saturated rings. The minimum Gasteiger partial charge on any atom is -0.337 e. The molecule has 3 heterocycles. The first kappa shape index (κ1) is 17.3. The second-order valence-electron chi connectivity index (χ2n) is 7.87. The van der Waals surface area contributed by atoms with Crippen LogP contribution in [0.1, 0.15) is 54.6 Å². The van der Waals surface area contributed by atoms with E-state index in [1.807, 2.05) is 35.0 Å². The molecule has 1 amide bonds. The third-order valence-corrected chi connectivity index (χ3v) is 5.83. The summed E-state index contributed by atoms with van der Waals surface area (Å²) in [5, 5.41) is 4.35. The van der Waals surface area contributed by atoms with Gasteiger partial charge in [0, 0.05) is 50.7 Å². The number of hydrogen-bond donors (Lipinski definition) is 0. The maximum Gasteiger partial charge on any atom is 0.274 e. The van der Waals surface area contributed by atoms with Gasteiger partial charge in [0.15, 0.2) is 0 Å². The van der Waals surface area contributed by atoms with Crippen molar-refractivity contribution in [2.24, 2.45) is 11.8 Å². The first-order valence-corrected chi connectivity index (χ1v) is 9.97. The molecular formula is C20H29N5O. The highest BCUT2D eigenvalue weighted by Crippen LogP contribution is 2.32. The van der Waals surface area contributed by atoms with Crippen LogP contribution in [0.5, 0.6) is 0 Å². The van der Waals surface area contributed by atoms with Gasteiger partial charge in [-0.1, -0.05) is 0 Å². The van der Waals surface area contributed by atoms with Crippen LogP contribution in [0.3, 0.4) is 0 Å². The Labute approximate surface area is 155 Å². The molecule has 1 saturated heterocycles. The number of rotatable bonds is 6. The molecular weight excluding hydrogens is 326 g/mol. The number of aromatic nitrogens is 4. The Morgan fingerprint density at radius 3 is 2.62 bits per heavy atom. The van der Waals surface area contributed by atoms with Gasteiger partial charge in [-0.3, -0.25) is 9.48 Å². The average molecular weight is 355 g/mol. The van der Waals surface area contributed by atoms with Gasteiger partial charge in [-0.25, -0.2) is 4.98 Å². The second kappa shape index (κ2) is 7.25. The van der Waals surface area contributed by atoms with Crippen LogP contribution in [-0.2, 0) is 19.5 Å². The van der Waals surface area contributed by atoms with Crippen LogP contribution < -0.4 is 0 Å². The fourth-order valence-electron chi connectivity index (χ4n) is 3.89. The standard InChI is InChI=1S/C20H29N5O/c1-3-24-11-8-18(22-24)20(26)23-9-6-16(7-10-23)12-19-21-13-15(2)25(19)14-17-4-5-17/h8,11,13,16-17H,3-7,9-10,12,14H2,1-2H3. The summed E-state index contributed by atoms with van der Waals surface area (Å²) in [6, 6.07) is 1.83. The summed E-state index contributed by atoms with van der Waals surface area (Å²) in [5.74, 6) is 2.79. The van der Waals surface area contributed by atoms with Crippen LogP contribution in [0.25, 0.3) is 0 Å². The van der Waals surface area contributed by atoms with Crippen LogP contribution >= 0.6 is 0 Å². The number of piperidine rings is 1. The smallest absolute Gasteiger partial charge is 0.274 e. The number of amides is 1. The molecule has 0 atom stereocenters. The molecule has 6 heteroatoms. The molecule has 140 valence electrons. The predicted octanol–water partition coefficient (Wildman–Crippen LogP) is 2.91. The number of imidazole rings is 1. The number of carbonyl (C=O) groups is 1. The fraction of sp³-hybridized carbons (Fsp3) is 0.650. The van der Waals surface area contributed by atoms with Crippen molar-refractivity contribution >= 4 is 5.91 Å². The maximum absolute atomic E-state index is 12.6. The van der Waals surface area contributed by atoms with Gasteiger partial charge in [0.1, 0.15) is 11.5 Å². The highest BCUT2D eigenvalue weighted by atomic mass is 16.2. The van der Waals surface area contributed by atoms with Crippen molar-refractivity contribution < 1.29 is 4.79 Å². The summed E-state index contributed by atoms with van der Waals surface area (Å²) in [7, 11) is 0. The third-order valence-electron chi connectivity index (χ3n) is 5.83. The zero-order valence-corrected chi connectivity index (χ0v) is 15.9. The monoisotopic (exact) mass is 355 g/mol. The quantitative estimate of drug-likeness (QED) is 0.800. The number of aryl methyl sites for hydroxylation is 2. The van der Waals surface area contributed by atoms with Crippen molar-refractivity contribution in [3.63, 3.8) is 0 Å². The molecule has 0 bridgehead atoms. The molecule has 2 aromatic heterocycles. The van der Waals surface area contributed by atoms with Crippen molar-refractivity contribution in [2.45, 2.75) is 59.0 Å². The molecule has 1 aliphatic heterocycles. The van der Waals surface area contributed by atoms with Crippen LogP contribution in [-0.4, -0.2) is 43.2 Å². The predicted molar refractivity (Wildman–Crippen MR) is 99.9 cm³/mol. The molecule has 6 nitrogen and oxygen atoms in total. The third kappa shape index (κ3) is 3.69. The van der Waals surface area contributed by atoms with E-state index in [1.165, 1.54) is 24.4 Å². The lowest BCUT2D eigenvalue weighted by Crippen LogP contribution is -2.39. The zero-order valence-electron chi connectivity index (χ0n) is 15.9. The molecule has 0 aromatic carbocycles. The first-order chi connectivity index (χ1) is 12.6. The normalized spacial score (nSPS) is 18.5. The van der Waals surface area contributed by atoms with E-state index >= 15 is 0 Å². The van der Waals surface area contributed by atoms with E-state index in [4.69, 9.17) is 0 Å². The highest BCUT2D eigenvalue weighted by Gasteiger charge is 2.27. The van der Waals surface area contributed by atoms with Crippen LogP contribution in [0.2, 0.25) is 0 Å². The summed E-state index contributed by atoms with van der Waals surface area (Å²) in [5.41, 5.74) is 1.85. The van der Waals surface area contributed by atoms with Gasteiger partial charge in [-0.05, 0) is 57.4 Å². The molecule has 0 radical (unpaired) electrons. The van der Waals surface area contributed by atoms with E-state index < -0.39 is 0 Å². The Bertz CT molecular complexity index is 765. The average Bonchev–Trinajstić information content (AvgIpc) is 3.24. The molecule has 4 rings (SSSR count). The molecule has 0 unspecified atom stereocenters. The van der Waals surface area contributed by atoms with Crippen molar-refractivity contribution in [3.8, 4) is 0 Å². The number of likely N-dealkylation sites (tertiary alicyclic amines) is 1. The Kier molecular flexibility index (Phi) is 4.83. The number of hydrogen-bond acceptors (Lipinski definition) is 3. The van der Waals surface area contributed by atoms with Gasteiger partial charge in [-0.2, -0.15) is 5.10 Å². The second-order valence-corrected chi connectivity index (χ2v) is 7.87. The van der Waals surface area contributed by atoms with E-state index in [2.05, 4.69) is 21.6 Å². The topological polar surface area (TPSA) is 56.0 Å². The largest absolute Gasteiger partial charge is 0.337 e. The van der Waals surface area contributed by atoms with Crippen molar-refractivity contribution in [1.82, 2.24) is 24.2 Å². The number of carbonyl (C=O) groups excluding carboxylic acids is 1. The Balaban J connectivity index is 1.33. The summed E-state index contributed by atoms with van der Waals surface area (Å²) in [6.45, 7) is 7.77. The number of nitrogens with zero attached hydrogens (tertiary/aromatic N) is 5. The Morgan fingerprint density at radius 1 is 1.19 bits per heavy atom. The van der Waals surface area contributed by atoms with Gasteiger partial charge in [0.25, 0.3) is 5.91 Å². The summed E-state index contributed by atoms with van der Waals surface area (Å²) in [4.78, 5) is 19.2. The van der Waals surface area contributed by atoms with E-state index in [-0.39, 0.29) is 5.91 Å². The maximum atomic E-state index is 12.6. The van der Waals surface area contributed by atoms with E-state index in [0.717, 1.165) is 51.4 Å². The lowest BCUT2D eigenvalue weighted by Gasteiger charge is -2.31. The lowest BCUT2D eigenvalue weighted by atomic mass is 9.93.